The van der Waals surface area contributed by atoms with Crippen molar-refractivity contribution in [3.8, 4) is 0 Å². The summed E-state index contributed by atoms with van der Waals surface area (Å²) in [5, 5.41) is 0.794. The number of aromatic nitrogens is 2. The third kappa shape index (κ3) is 3.45. The van der Waals surface area contributed by atoms with Crippen LogP contribution in [0.15, 0.2) is 29.4 Å². The van der Waals surface area contributed by atoms with Crippen molar-refractivity contribution in [2.45, 2.75) is 5.16 Å². The number of carbonyl (C=O) groups excluding carboxylic acids is 1. The first-order valence-corrected chi connectivity index (χ1v) is 7.24. The molecule has 20 heavy (non-hydrogen) atoms. The Hall–Kier alpha value is -1.24. The van der Waals surface area contributed by atoms with E-state index in [-0.39, 0.29) is 18.3 Å². The van der Waals surface area contributed by atoms with Gasteiger partial charge in [0.25, 0.3) is 0 Å². The molecule has 108 valence electrons. The summed E-state index contributed by atoms with van der Waals surface area (Å²) < 4.78 is 5.23. The Labute approximate surface area is 127 Å². The van der Waals surface area contributed by atoms with E-state index in [1.54, 1.807) is 0 Å². The van der Waals surface area contributed by atoms with Gasteiger partial charge >= 0.3 is 0 Å². The van der Waals surface area contributed by atoms with Crippen molar-refractivity contribution in [1.82, 2.24) is 14.9 Å². The summed E-state index contributed by atoms with van der Waals surface area (Å²) in [7, 11) is 0. The quantitative estimate of drug-likeness (QED) is 0.880. The number of rotatable bonds is 3. The lowest BCUT2D eigenvalue weighted by Gasteiger charge is -2.26. The molecule has 7 heteroatoms. The highest BCUT2D eigenvalue weighted by Crippen LogP contribution is 2.19. The summed E-state index contributed by atoms with van der Waals surface area (Å²) in [6.07, 6.45) is 0. The van der Waals surface area contributed by atoms with Crippen LogP contribution in [-0.4, -0.2) is 52.8 Å². The fourth-order valence-corrected chi connectivity index (χ4v) is 2.82. The number of carbonyl (C=O) groups is 1. The number of benzene rings is 1. The summed E-state index contributed by atoms with van der Waals surface area (Å²) in [6, 6.07) is 7.86. The highest BCUT2D eigenvalue weighted by atomic mass is 35.5. The topological polar surface area (TPSA) is 58.2 Å². The summed E-state index contributed by atoms with van der Waals surface area (Å²) in [6.45, 7) is 2.67. The van der Waals surface area contributed by atoms with Crippen molar-refractivity contribution in [2.75, 3.05) is 32.1 Å². The Bertz CT molecular complexity index is 551. The third-order valence-corrected chi connectivity index (χ3v) is 3.92. The van der Waals surface area contributed by atoms with Crippen molar-refractivity contribution < 1.29 is 9.53 Å². The number of amides is 1. The molecule has 5 nitrogen and oxygen atoms in total. The second-order valence-corrected chi connectivity index (χ2v) is 5.30. The van der Waals surface area contributed by atoms with Crippen molar-refractivity contribution in [3.05, 3.63) is 24.3 Å². The fourth-order valence-electron chi connectivity index (χ4n) is 2.03. The zero-order valence-corrected chi connectivity index (χ0v) is 12.5. The zero-order chi connectivity index (χ0) is 13.1. The molecule has 0 unspecified atom stereocenters. The van der Waals surface area contributed by atoms with Crippen LogP contribution in [0.2, 0.25) is 0 Å². The molecule has 2 heterocycles. The first-order valence-electron chi connectivity index (χ1n) is 6.26. The Kier molecular flexibility index (Phi) is 5.28. The lowest BCUT2D eigenvalue weighted by atomic mass is 10.3. The van der Waals surface area contributed by atoms with E-state index in [9.17, 15) is 4.79 Å². The van der Waals surface area contributed by atoms with E-state index in [0.29, 0.717) is 32.1 Å². The minimum absolute atomic E-state index is 0. The van der Waals surface area contributed by atoms with Gasteiger partial charge in [0.15, 0.2) is 5.16 Å². The molecule has 1 N–H and O–H groups in total. The molecule has 0 atom stereocenters. The van der Waals surface area contributed by atoms with Gasteiger partial charge in [-0.2, -0.15) is 0 Å². The minimum atomic E-state index is 0. The fraction of sp³-hybridized carbons (Fsp3) is 0.385. The highest BCUT2D eigenvalue weighted by molar-refractivity contribution is 7.99. The molecule has 1 saturated heterocycles. The van der Waals surface area contributed by atoms with Gasteiger partial charge in [-0.15, -0.1) is 12.4 Å². The maximum atomic E-state index is 12.0. The summed E-state index contributed by atoms with van der Waals surface area (Å²) in [4.78, 5) is 21.5. The predicted octanol–water partition coefficient (Wildman–Crippen LogP) is 1.94. The molecule has 1 aliphatic rings. The van der Waals surface area contributed by atoms with Gasteiger partial charge in [0.2, 0.25) is 5.91 Å². The maximum absolute atomic E-state index is 12.0. The molecule has 0 spiro atoms. The zero-order valence-electron chi connectivity index (χ0n) is 10.9. The normalized spacial score (nSPS) is 15.1. The Balaban J connectivity index is 0.00000147. The number of halogens is 1. The van der Waals surface area contributed by atoms with E-state index >= 15 is 0 Å². The van der Waals surface area contributed by atoms with Crippen molar-refractivity contribution >= 4 is 41.1 Å². The number of para-hydroxylation sites is 2. The number of nitrogens with zero attached hydrogens (tertiary/aromatic N) is 2. The largest absolute Gasteiger partial charge is 0.378 e. The lowest BCUT2D eigenvalue weighted by molar-refractivity contribution is -0.132. The van der Waals surface area contributed by atoms with Gasteiger partial charge < -0.3 is 14.6 Å². The van der Waals surface area contributed by atoms with Gasteiger partial charge in [-0.25, -0.2) is 4.98 Å². The van der Waals surface area contributed by atoms with Crippen LogP contribution < -0.4 is 0 Å². The molecular formula is C13H16ClN3O2S. The molecule has 2 aromatic rings. The Morgan fingerprint density at radius 2 is 2.10 bits per heavy atom. The first-order chi connectivity index (χ1) is 9.33. The summed E-state index contributed by atoms with van der Waals surface area (Å²) in [5.74, 6) is 0.563. The molecule has 0 aliphatic carbocycles. The van der Waals surface area contributed by atoms with Gasteiger partial charge in [-0.1, -0.05) is 23.9 Å². The number of morpholine rings is 1. The average Bonchev–Trinajstić information content (AvgIpc) is 2.88. The van der Waals surface area contributed by atoms with Crippen LogP contribution in [0.5, 0.6) is 0 Å². The van der Waals surface area contributed by atoms with Crippen LogP contribution in [0.25, 0.3) is 11.0 Å². The molecule has 1 aromatic carbocycles. The second-order valence-electron chi connectivity index (χ2n) is 4.34. The lowest BCUT2D eigenvalue weighted by Crippen LogP contribution is -2.41. The van der Waals surface area contributed by atoms with Crippen LogP contribution in [-0.2, 0) is 9.53 Å². The highest BCUT2D eigenvalue weighted by Gasteiger charge is 2.17. The van der Waals surface area contributed by atoms with Crippen LogP contribution in [0.1, 0.15) is 0 Å². The molecule has 0 bridgehead atoms. The SMILES string of the molecule is Cl.O=C(CSc1nc2ccccc2[nH]1)N1CCOCC1. The van der Waals surface area contributed by atoms with Crippen LogP contribution in [0.4, 0.5) is 0 Å². The smallest absolute Gasteiger partial charge is 0.233 e. The Morgan fingerprint density at radius 1 is 1.35 bits per heavy atom. The van der Waals surface area contributed by atoms with E-state index in [2.05, 4.69) is 9.97 Å². The maximum Gasteiger partial charge on any atom is 0.233 e. The van der Waals surface area contributed by atoms with Crippen LogP contribution >= 0.6 is 24.2 Å². The molecule has 1 fully saturated rings. The number of hydrogen-bond donors (Lipinski definition) is 1. The van der Waals surface area contributed by atoms with E-state index < -0.39 is 0 Å². The monoisotopic (exact) mass is 313 g/mol. The molecule has 1 amide bonds. The van der Waals surface area contributed by atoms with Gasteiger partial charge in [0, 0.05) is 13.1 Å². The summed E-state index contributed by atoms with van der Waals surface area (Å²) >= 11 is 1.45. The number of fused-ring (bicyclic) bond motifs is 1. The molecule has 3 rings (SSSR count). The predicted molar refractivity (Wildman–Crippen MR) is 81.5 cm³/mol. The average molecular weight is 314 g/mol. The van der Waals surface area contributed by atoms with E-state index in [4.69, 9.17) is 4.74 Å². The number of ether oxygens (including phenoxy) is 1. The van der Waals surface area contributed by atoms with Gasteiger partial charge in [-0.05, 0) is 12.1 Å². The van der Waals surface area contributed by atoms with Gasteiger partial charge in [0.1, 0.15) is 0 Å². The van der Waals surface area contributed by atoms with Crippen molar-refractivity contribution in [1.29, 1.82) is 0 Å². The summed E-state index contributed by atoms with van der Waals surface area (Å²) in [5.41, 5.74) is 1.94. The second kappa shape index (κ2) is 6.97. The Morgan fingerprint density at radius 3 is 2.85 bits per heavy atom. The number of H-pyrrole nitrogens is 1. The van der Waals surface area contributed by atoms with Crippen molar-refractivity contribution in [2.24, 2.45) is 0 Å². The molecule has 0 saturated carbocycles. The molecular weight excluding hydrogens is 298 g/mol. The minimum Gasteiger partial charge on any atom is -0.378 e. The van der Waals surface area contributed by atoms with Gasteiger partial charge in [-0.3, -0.25) is 4.79 Å². The molecule has 1 aromatic heterocycles. The number of aromatic amines is 1. The number of nitrogens with one attached hydrogen (secondary N) is 1. The number of thioether (sulfide) groups is 1. The standard InChI is InChI=1S/C13H15N3O2S.ClH/c17-12(16-5-7-18-8-6-16)9-19-13-14-10-3-1-2-4-11(10)15-13;/h1-4H,5-9H2,(H,14,15);1H. The third-order valence-electron chi connectivity index (χ3n) is 3.06. The van der Waals surface area contributed by atoms with Gasteiger partial charge in [0.05, 0.1) is 30.0 Å². The molecule has 1 aliphatic heterocycles. The van der Waals surface area contributed by atoms with Crippen LogP contribution in [0, 0.1) is 0 Å². The molecule has 0 radical (unpaired) electrons. The van der Waals surface area contributed by atoms with E-state index in [1.165, 1.54) is 11.8 Å². The van der Waals surface area contributed by atoms with Crippen LogP contribution in [0.3, 0.4) is 0 Å². The number of hydrogen-bond acceptors (Lipinski definition) is 4. The van der Waals surface area contributed by atoms with E-state index in [0.717, 1.165) is 16.2 Å². The first kappa shape index (κ1) is 15.2. The van der Waals surface area contributed by atoms with E-state index in [1.807, 2.05) is 29.2 Å². The number of imidazole rings is 1. The van der Waals surface area contributed by atoms with Crippen molar-refractivity contribution in [3.63, 3.8) is 0 Å².